The van der Waals surface area contributed by atoms with E-state index in [9.17, 15) is 9.90 Å². The zero-order valence-corrected chi connectivity index (χ0v) is 10.4. The topological polar surface area (TPSA) is 66.2 Å². The molecule has 2 aromatic rings. The largest absolute Gasteiger partial charge is 1.00 e. The standard InChI is InChI=1S/C11H9NO2.Na/c12-8-5-7-3-1-2-4-9(7)10(6-8)11(13)14;/h1-6H,12H2,(H,13,14);/q;+1/p-1. The van der Waals surface area contributed by atoms with Crippen molar-refractivity contribution in [2.45, 2.75) is 0 Å². The second kappa shape index (κ2) is 4.66. The van der Waals surface area contributed by atoms with E-state index in [4.69, 9.17) is 5.73 Å². The molecule has 0 saturated carbocycles. The van der Waals surface area contributed by atoms with Crippen molar-refractivity contribution in [3.8, 4) is 0 Å². The van der Waals surface area contributed by atoms with Gasteiger partial charge in [0.1, 0.15) is 0 Å². The molecule has 70 valence electrons. The molecule has 0 bridgehead atoms. The molecule has 0 spiro atoms. The number of anilines is 1. The Morgan fingerprint density at radius 1 is 1.20 bits per heavy atom. The second-order valence-corrected chi connectivity index (χ2v) is 3.08. The number of nitrogen functional groups attached to an aromatic ring is 1. The van der Waals surface area contributed by atoms with Crippen LogP contribution in [0.25, 0.3) is 10.8 Å². The summed E-state index contributed by atoms with van der Waals surface area (Å²) in [5.41, 5.74) is 6.14. The summed E-state index contributed by atoms with van der Waals surface area (Å²) >= 11 is 0. The van der Waals surface area contributed by atoms with Crippen LogP contribution in [-0.4, -0.2) is 5.97 Å². The van der Waals surface area contributed by atoms with Crippen molar-refractivity contribution in [3.63, 3.8) is 0 Å². The van der Waals surface area contributed by atoms with Crippen molar-refractivity contribution in [2.24, 2.45) is 0 Å². The van der Waals surface area contributed by atoms with Gasteiger partial charge in [0.2, 0.25) is 0 Å². The normalized spacial score (nSPS) is 9.60. The molecular formula is C11H8NNaO2. The SMILES string of the molecule is Nc1cc(C(=O)[O-])c2ccccc2c1.[Na+]. The molecular weight excluding hydrogens is 201 g/mol. The quantitative estimate of drug-likeness (QED) is 0.428. The minimum absolute atomic E-state index is 0. The number of aromatic carboxylic acids is 1. The Kier molecular flexibility index (Phi) is 3.74. The Morgan fingerprint density at radius 2 is 1.87 bits per heavy atom. The summed E-state index contributed by atoms with van der Waals surface area (Å²) in [7, 11) is 0. The molecule has 3 nitrogen and oxygen atoms in total. The van der Waals surface area contributed by atoms with E-state index in [1.165, 1.54) is 6.07 Å². The Morgan fingerprint density at radius 3 is 2.53 bits per heavy atom. The Bertz CT molecular complexity index is 511. The van der Waals surface area contributed by atoms with E-state index in [1.54, 1.807) is 18.2 Å². The number of carbonyl (C=O) groups excluding carboxylic acids is 1. The molecule has 2 N–H and O–H groups in total. The third-order valence-electron chi connectivity index (χ3n) is 2.10. The van der Waals surface area contributed by atoms with Crippen molar-refractivity contribution in [1.82, 2.24) is 0 Å². The maximum Gasteiger partial charge on any atom is 1.00 e. The smallest absolute Gasteiger partial charge is 0.545 e. The van der Waals surface area contributed by atoms with Crippen LogP contribution in [0.1, 0.15) is 10.4 Å². The maximum atomic E-state index is 10.8. The fraction of sp³-hybridized carbons (Fsp3) is 0. The average molecular weight is 209 g/mol. The number of hydrogen-bond acceptors (Lipinski definition) is 3. The third-order valence-corrected chi connectivity index (χ3v) is 2.10. The summed E-state index contributed by atoms with van der Waals surface area (Å²) in [4.78, 5) is 10.8. The fourth-order valence-corrected chi connectivity index (χ4v) is 1.50. The summed E-state index contributed by atoms with van der Waals surface area (Å²) in [6, 6.07) is 10.3. The van der Waals surface area contributed by atoms with Gasteiger partial charge in [-0.1, -0.05) is 24.3 Å². The number of hydrogen-bond donors (Lipinski definition) is 1. The van der Waals surface area contributed by atoms with Crippen molar-refractivity contribution in [3.05, 3.63) is 42.0 Å². The molecule has 2 aromatic carbocycles. The molecule has 0 fully saturated rings. The molecule has 0 heterocycles. The molecule has 4 heteroatoms. The Balaban J connectivity index is 0.00000112. The summed E-state index contributed by atoms with van der Waals surface area (Å²) in [5.74, 6) is -1.20. The van der Waals surface area contributed by atoms with E-state index in [0.717, 1.165) is 5.39 Å². The van der Waals surface area contributed by atoms with Crippen LogP contribution in [0, 0.1) is 0 Å². The van der Waals surface area contributed by atoms with Gasteiger partial charge in [-0.05, 0) is 22.9 Å². The van der Waals surface area contributed by atoms with Crippen LogP contribution in [0.15, 0.2) is 36.4 Å². The van der Waals surface area contributed by atoms with E-state index in [2.05, 4.69) is 0 Å². The number of carbonyl (C=O) groups is 1. The Hall–Kier alpha value is -1.03. The van der Waals surface area contributed by atoms with Gasteiger partial charge < -0.3 is 15.6 Å². The minimum Gasteiger partial charge on any atom is -0.545 e. The molecule has 0 saturated heterocycles. The first-order chi connectivity index (χ1) is 6.68. The van der Waals surface area contributed by atoms with Crippen molar-refractivity contribution in [1.29, 1.82) is 0 Å². The van der Waals surface area contributed by atoms with Gasteiger partial charge in [-0.2, -0.15) is 0 Å². The van der Waals surface area contributed by atoms with Crippen LogP contribution in [0.2, 0.25) is 0 Å². The number of rotatable bonds is 1. The van der Waals surface area contributed by atoms with Gasteiger partial charge in [0, 0.05) is 11.3 Å². The van der Waals surface area contributed by atoms with Crippen molar-refractivity contribution in [2.75, 3.05) is 5.73 Å². The van der Waals surface area contributed by atoms with Gasteiger partial charge >= 0.3 is 29.6 Å². The molecule has 0 aliphatic carbocycles. The molecule has 15 heavy (non-hydrogen) atoms. The van der Waals surface area contributed by atoms with Crippen LogP contribution < -0.4 is 40.4 Å². The van der Waals surface area contributed by atoms with Crippen LogP contribution in [-0.2, 0) is 0 Å². The first-order valence-corrected chi connectivity index (χ1v) is 4.18. The van der Waals surface area contributed by atoms with Gasteiger partial charge in [-0.3, -0.25) is 0 Å². The molecule has 0 amide bonds. The van der Waals surface area contributed by atoms with Gasteiger partial charge in [0.05, 0.1) is 5.97 Å². The summed E-state index contributed by atoms with van der Waals surface area (Å²) < 4.78 is 0. The minimum atomic E-state index is -1.20. The molecule has 0 radical (unpaired) electrons. The summed E-state index contributed by atoms with van der Waals surface area (Å²) in [6.45, 7) is 0. The van der Waals surface area contributed by atoms with E-state index in [0.29, 0.717) is 11.1 Å². The van der Waals surface area contributed by atoms with Crippen LogP contribution in [0.3, 0.4) is 0 Å². The molecule has 0 aliphatic rings. The predicted molar refractivity (Wildman–Crippen MR) is 52.7 cm³/mol. The first kappa shape index (κ1) is 12.0. The summed E-state index contributed by atoms with van der Waals surface area (Å²) in [6.07, 6.45) is 0. The van der Waals surface area contributed by atoms with E-state index < -0.39 is 5.97 Å². The van der Waals surface area contributed by atoms with Gasteiger partial charge in [-0.15, -0.1) is 0 Å². The third kappa shape index (κ3) is 2.31. The van der Waals surface area contributed by atoms with Gasteiger partial charge in [0.15, 0.2) is 0 Å². The number of carboxylic acid groups (broad SMARTS) is 1. The number of carboxylic acids is 1. The molecule has 0 aromatic heterocycles. The average Bonchev–Trinajstić information content (AvgIpc) is 2.16. The predicted octanol–water partition coefficient (Wildman–Crippen LogP) is -2.21. The second-order valence-electron chi connectivity index (χ2n) is 3.08. The maximum absolute atomic E-state index is 10.8. The zero-order chi connectivity index (χ0) is 10.1. The van der Waals surface area contributed by atoms with Crippen LogP contribution in [0.5, 0.6) is 0 Å². The van der Waals surface area contributed by atoms with Gasteiger partial charge in [-0.25, -0.2) is 0 Å². The zero-order valence-electron chi connectivity index (χ0n) is 8.36. The van der Waals surface area contributed by atoms with Crippen molar-refractivity contribution < 1.29 is 39.5 Å². The molecule has 0 atom stereocenters. The van der Waals surface area contributed by atoms with E-state index in [1.807, 2.05) is 12.1 Å². The fourth-order valence-electron chi connectivity index (χ4n) is 1.50. The number of benzene rings is 2. The molecule has 0 aliphatic heterocycles. The monoisotopic (exact) mass is 209 g/mol. The molecule has 0 unspecified atom stereocenters. The number of fused-ring (bicyclic) bond motifs is 1. The summed E-state index contributed by atoms with van der Waals surface area (Å²) in [5, 5.41) is 12.3. The first-order valence-electron chi connectivity index (χ1n) is 4.18. The number of nitrogens with two attached hydrogens (primary N) is 1. The Labute approximate surface area is 109 Å². The van der Waals surface area contributed by atoms with E-state index in [-0.39, 0.29) is 35.1 Å². The van der Waals surface area contributed by atoms with Gasteiger partial charge in [0.25, 0.3) is 0 Å². The van der Waals surface area contributed by atoms with Crippen LogP contribution in [0.4, 0.5) is 5.69 Å². The van der Waals surface area contributed by atoms with Crippen LogP contribution >= 0.6 is 0 Å². The van der Waals surface area contributed by atoms with E-state index >= 15 is 0 Å². The van der Waals surface area contributed by atoms with Crippen molar-refractivity contribution >= 4 is 22.4 Å². The molecule has 2 rings (SSSR count).